The fraction of sp³-hybridized carbons (Fsp3) is 0.444. The van der Waals surface area contributed by atoms with Crippen LogP contribution in [0.4, 0.5) is 0 Å². The van der Waals surface area contributed by atoms with E-state index in [0.29, 0.717) is 0 Å². The van der Waals surface area contributed by atoms with Gasteiger partial charge in [-0.2, -0.15) is 0 Å². The van der Waals surface area contributed by atoms with Gasteiger partial charge < -0.3 is 9.84 Å². The average molecular weight is 200 g/mol. The van der Waals surface area contributed by atoms with Gasteiger partial charge in [-0.3, -0.25) is 4.79 Å². The van der Waals surface area contributed by atoms with E-state index in [1.807, 2.05) is 19.1 Å². The number of esters is 1. The van der Waals surface area contributed by atoms with E-state index >= 15 is 0 Å². The van der Waals surface area contributed by atoms with Gasteiger partial charge in [0.05, 0.1) is 19.6 Å². The van der Waals surface area contributed by atoms with E-state index in [4.69, 9.17) is 0 Å². The molecule has 0 unspecified atom stereocenters. The van der Waals surface area contributed by atoms with Gasteiger partial charge in [0.1, 0.15) is 0 Å². The van der Waals surface area contributed by atoms with E-state index in [9.17, 15) is 9.90 Å². The first-order chi connectivity index (χ1) is 6.13. The maximum atomic E-state index is 10.8. The monoisotopic (exact) mass is 200 g/mol. The summed E-state index contributed by atoms with van der Waals surface area (Å²) < 4.78 is 4.45. The van der Waals surface area contributed by atoms with Crippen LogP contribution in [0.1, 0.15) is 22.3 Å². The number of carbonyl (C=O) groups is 1. The molecule has 13 heavy (non-hydrogen) atoms. The molecule has 0 radical (unpaired) electrons. The zero-order valence-electron chi connectivity index (χ0n) is 7.61. The second kappa shape index (κ2) is 4.39. The van der Waals surface area contributed by atoms with Gasteiger partial charge in [-0.05, 0) is 19.1 Å². The summed E-state index contributed by atoms with van der Waals surface area (Å²) in [6.45, 7) is 1.96. The lowest BCUT2D eigenvalue weighted by molar-refractivity contribution is -0.142. The van der Waals surface area contributed by atoms with Crippen molar-refractivity contribution in [2.24, 2.45) is 0 Å². The first-order valence-corrected chi connectivity index (χ1v) is 4.76. The standard InChI is InChI=1S/C9H12O3S/c1-6-3-4-8(13-6)7(10)5-9(11)12-2/h3-4,7,10H,5H2,1-2H3/t7-/m1/s1. The van der Waals surface area contributed by atoms with Gasteiger partial charge >= 0.3 is 5.97 Å². The van der Waals surface area contributed by atoms with E-state index in [1.165, 1.54) is 18.4 Å². The highest BCUT2D eigenvalue weighted by Crippen LogP contribution is 2.24. The average Bonchev–Trinajstić information content (AvgIpc) is 2.51. The molecule has 1 rings (SSSR count). The first kappa shape index (κ1) is 10.2. The van der Waals surface area contributed by atoms with Crippen molar-refractivity contribution in [3.05, 3.63) is 21.9 Å². The summed E-state index contributed by atoms with van der Waals surface area (Å²) in [5.41, 5.74) is 0. The molecule has 0 aliphatic heterocycles. The predicted molar refractivity (Wildman–Crippen MR) is 50.6 cm³/mol. The molecule has 0 fully saturated rings. The van der Waals surface area contributed by atoms with Crippen LogP contribution in [0.5, 0.6) is 0 Å². The largest absolute Gasteiger partial charge is 0.469 e. The minimum atomic E-state index is -0.730. The number of hydrogen-bond acceptors (Lipinski definition) is 4. The molecule has 1 aromatic rings. The molecule has 0 aliphatic rings. The van der Waals surface area contributed by atoms with Crippen LogP contribution in [0.25, 0.3) is 0 Å². The maximum absolute atomic E-state index is 10.8. The number of rotatable bonds is 3. The Labute approximate surface area is 81.0 Å². The number of aryl methyl sites for hydroxylation is 1. The zero-order valence-corrected chi connectivity index (χ0v) is 8.43. The van der Waals surface area contributed by atoms with Gasteiger partial charge in [-0.15, -0.1) is 11.3 Å². The molecule has 0 bridgehead atoms. The molecule has 4 heteroatoms. The van der Waals surface area contributed by atoms with Gasteiger partial charge in [0.2, 0.25) is 0 Å². The smallest absolute Gasteiger partial charge is 0.308 e. The van der Waals surface area contributed by atoms with Crippen molar-refractivity contribution in [3.8, 4) is 0 Å². The molecule has 3 nitrogen and oxygen atoms in total. The normalized spacial score (nSPS) is 12.5. The Morgan fingerprint density at radius 1 is 1.69 bits per heavy atom. The summed E-state index contributed by atoms with van der Waals surface area (Å²) >= 11 is 1.49. The van der Waals surface area contributed by atoms with E-state index in [0.717, 1.165) is 9.75 Å². The van der Waals surface area contributed by atoms with Gasteiger partial charge in [0.25, 0.3) is 0 Å². The Balaban J connectivity index is 2.58. The molecule has 0 aromatic carbocycles. The van der Waals surface area contributed by atoms with Crippen LogP contribution in [-0.2, 0) is 9.53 Å². The predicted octanol–water partition coefficient (Wildman–Crippen LogP) is 1.65. The first-order valence-electron chi connectivity index (χ1n) is 3.94. The molecule has 1 aromatic heterocycles. The fourth-order valence-electron chi connectivity index (χ4n) is 0.974. The Hall–Kier alpha value is -0.870. The number of thiophene rings is 1. The highest BCUT2D eigenvalue weighted by Gasteiger charge is 2.14. The van der Waals surface area contributed by atoms with Crippen molar-refractivity contribution >= 4 is 17.3 Å². The lowest BCUT2D eigenvalue weighted by Crippen LogP contribution is -2.06. The molecule has 0 saturated carbocycles. The third-order valence-corrected chi connectivity index (χ3v) is 2.78. The number of aliphatic hydroxyl groups is 1. The van der Waals surface area contributed by atoms with E-state index in [-0.39, 0.29) is 6.42 Å². The minimum Gasteiger partial charge on any atom is -0.469 e. The zero-order chi connectivity index (χ0) is 9.84. The van der Waals surface area contributed by atoms with Crippen LogP contribution in [0.2, 0.25) is 0 Å². The van der Waals surface area contributed by atoms with Crippen LogP contribution in [-0.4, -0.2) is 18.2 Å². The molecular weight excluding hydrogens is 188 g/mol. The van der Waals surface area contributed by atoms with Gasteiger partial charge in [0.15, 0.2) is 0 Å². The number of carbonyl (C=O) groups excluding carboxylic acids is 1. The molecule has 0 spiro atoms. The van der Waals surface area contributed by atoms with Crippen LogP contribution in [0, 0.1) is 6.92 Å². The van der Waals surface area contributed by atoms with E-state index < -0.39 is 12.1 Å². The Kier molecular flexibility index (Phi) is 3.45. The lowest BCUT2D eigenvalue weighted by Gasteiger charge is -2.05. The summed E-state index contributed by atoms with van der Waals surface area (Å²) in [6.07, 6.45) is -0.706. The van der Waals surface area contributed by atoms with Crippen LogP contribution in [0.15, 0.2) is 12.1 Å². The summed E-state index contributed by atoms with van der Waals surface area (Å²) in [6, 6.07) is 3.74. The third-order valence-electron chi connectivity index (χ3n) is 1.68. The highest BCUT2D eigenvalue weighted by atomic mass is 32.1. The van der Waals surface area contributed by atoms with Crippen LogP contribution in [0.3, 0.4) is 0 Å². The molecule has 0 saturated heterocycles. The van der Waals surface area contributed by atoms with Gasteiger partial charge in [0, 0.05) is 9.75 Å². The minimum absolute atomic E-state index is 0.0243. The quantitative estimate of drug-likeness (QED) is 0.755. The Morgan fingerprint density at radius 2 is 2.38 bits per heavy atom. The van der Waals surface area contributed by atoms with Crippen LogP contribution < -0.4 is 0 Å². The van der Waals surface area contributed by atoms with Crippen molar-refractivity contribution in [2.75, 3.05) is 7.11 Å². The third kappa shape index (κ3) is 2.82. The Morgan fingerprint density at radius 3 is 2.85 bits per heavy atom. The number of hydrogen-bond donors (Lipinski definition) is 1. The van der Waals surface area contributed by atoms with Crippen LogP contribution >= 0.6 is 11.3 Å². The molecule has 1 heterocycles. The molecule has 0 amide bonds. The second-order valence-corrected chi connectivity index (χ2v) is 4.06. The van der Waals surface area contributed by atoms with Crippen molar-refractivity contribution < 1.29 is 14.6 Å². The molecule has 1 N–H and O–H groups in total. The van der Waals surface area contributed by atoms with Crippen molar-refractivity contribution in [1.29, 1.82) is 0 Å². The summed E-state index contributed by atoms with van der Waals surface area (Å²) in [5.74, 6) is -0.390. The number of aliphatic hydroxyl groups excluding tert-OH is 1. The number of ether oxygens (including phenoxy) is 1. The lowest BCUT2D eigenvalue weighted by atomic mass is 10.2. The van der Waals surface area contributed by atoms with Crippen molar-refractivity contribution in [2.45, 2.75) is 19.4 Å². The second-order valence-electron chi connectivity index (χ2n) is 2.74. The maximum Gasteiger partial charge on any atom is 0.308 e. The highest BCUT2D eigenvalue weighted by molar-refractivity contribution is 7.12. The van der Waals surface area contributed by atoms with E-state index in [2.05, 4.69) is 4.74 Å². The van der Waals surface area contributed by atoms with Crippen molar-refractivity contribution in [1.82, 2.24) is 0 Å². The molecular formula is C9H12O3S. The molecule has 72 valence electrons. The summed E-state index contributed by atoms with van der Waals surface area (Å²) in [5, 5.41) is 9.54. The summed E-state index contributed by atoms with van der Waals surface area (Å²) in [7, 11) is 1.31. The summed E-state index contributed by atoms with van der Waals surface area (Å²) in [4.78, 5) is 12.8. The fourth-order valence-corrected chi connectivity index (χ4v) is 1.84. The number of methoxy groups -OCH3 is 1. The molecule has 0 aliphatic carbocycles. The SMILES string of the molecule is COC(=O)C[C@@H](O)c1ccc(C)s1. The van der Waals surface area contributed by atoms with Gasteiger partial charge in [-0.1, -0.05) is 0 Å². The topological polar surface area (TPSA) is 46.5 Å². The van der Waals surface area contributed by atoms with Crippen molar-refractivity contribution in [3.63, 3.8) is 0 Å². The van der Waals surface area contributed by atoms with Gasteiger partial charge in [-0.25, -0.2) is 0 Å². The Bertz CT molecular complexity index is 293. The molecule has 1 atom stereocenters. The van der Waals surface area contributed by atoms with E-state index in [1.54, 1.807) is 0 Å².